The molecule has 20 heavy (non-hydrogen) atoms. The molecule has 1 aromatic carbocycles. The van der Waals surface area contributed by atoms with Gasteiger partial charge >= 0.3 is 0 Å². The van der Waals surface area contributed by atoms with Crippen LogP contribution in [-0.2, 0) is 0 Å². The van der Waals surface area contributed by atoms with Crippen LogP contribution in [-0.4, -0.2) is 11.5 Å². The zero-order valence-corrected chi connectivity index (χ0v) is 12.7. The Labute approximate surface area is 122 Å². The molecule has 0 radical (unpaired) electrons. The van der Waals surface area contributed by atoms with Crippen molar-refractivity contribution in [3.05, 3.63) is 53.9 Å². The predicted molar refractivity (Wildman–Crippen MR) is 85.7 cm³/mol. The van der Waals surface area contributed by atoms with Crippen molar-refractivity contribution in [3.63, 3.8) is 0 Å². The molecule has 1 heterocycles. The number of nitrogens with one attached hydrogen (secondary N) is 1. The van der Waals surface area contributed by atoms with Crippen molar-refractivity contribution >= 4 is 0 Å². The Morgan fingerprint density at radius 3 is 2.75 bits per heavy atom. The molecule has 106 valence electrons. The van der Waals surface area contributed by atoms with Crippen molar-refractivity contribution in [1.29, 1.82) is 0 Å². The predicted octanol–water partition coefficient (Wildman–Crippen LogP) is 4.51. The first-order chi connectivity index (χ1) is 9.76. The SMILES string of the molecule is CCCNC(CC)c1cccc(-c2cnccc2C)c1. The van der Waals surface area contributed by atoms with Gasteiger partial charge in [0.15, 0.2) is 0 Å². The molecule has 2 heteroatoms. The standard InChI is InChI=1S/C18H24N2/c1-4-10-20-18(5-2)16-8-6-7-15(12-16)17-13-19-11-9-14(17)3/h6-9,11-13,18,20H,4-5,10H2,1-3H3. The lowest BCUT2D eigenvalue weighted by atomic mass is 9.97. The van der Waals surface area contributed by atoms with Gasteiger partial charge < -0.3 is 5.32 Å². The van der Waals surface area contributed by atoms with E-state index in [-0.39, 0.29) is 0 Å². The molecule has 0 amide bonds. The van der Waals surface area contributed by atoms with Gasteiger partial charge in [0, 0.05) is 24.0 Å². The van der Waals surface area contributed by atoms with Crippen LogP contribution in [0.1, 0.15) is 43.9 Å². The van der Waals surface area contributed by atoms with E-state index >= 15 is 0 Å². The molecule has 1 unspecified atom stereocenters. The quantitative estimate of drug-likeness (QED) is 0.834. The van der Waals surface area contributed by atoms with Crippen LogP contribution < -0.4 is 5.32 Å². The molecular weight excluding hydrogens is 244 g/mol. The van der Waals surface area contributed by atoms with Crippen molar-refractivity contribution < 1.29 is 0 Å². The van der Waals surface area contributed by atoms with Crippen molar-refractivity contribution in [2.45, 2.75) is 39.7 Å². The van der Waals surface area contributed by atoms with E-state index in [1.165, 1.54) is 22.3 Å². The third kappa shape index (κ3) is 3.45. The van der Waals surface area contributed by atoms with Gasteiger partial charge in [0.25, 0.3) is 0 Å². The van der Waals surface area contributed by atoms with Crippen LogP contribution in [0.15, 0.2) is 42.7 Å². The lowest BCUT2D eigenvalue weighted by Gasteiger charge is -2.18. The smallest absolute Gasteiger partial charge is 0.0349 e. The van der Waals surface area contributed by atoms with Crippen LogP contribution >= 0.6 is 0 Å². The molecule has 2 rings (SSSR count). The Hall–Kier alpha value is -1.67. The van der Waals surface area contributed by atoms with Crippen molar-refractivity contribution in [1.82, 2.24) is 10.3 Å². The van der Waals surface area contributed by atoms with Crippen LogP contribution in [0.5, 0.6) is 0 Å². The number of aromatic nitrogens is 1. The normalized spacial score (nSPS) is 12.3. The number of rotatable bonds is 6. The van der Waals surface area contributed by atoms with Gasteiger partial charge in [-0.3, -0.25) is 4.98 Å². The summed E-state index contributed by atoms with van der Waals surface area (Å²) in [5, 5.41) is 3.61. The van der Waals surface area contributed by atoms with Crippen LogP contribution in [0.4, 0.5) is 0 Å². The van der Waals surface area contributed by atoms with E-state index in [0.29, 0.717) is 6.04 Å². The zero-order valence-electron chi connectivity index (χ0n) is 12.7. The molecular formula is C18H24N2. The summed E-state index contributed by atoms with van der Waals surface area (Å²) in [6, 6.07) is 11.3. The third-order valence-corrected chi connectivity index (χ3v) is 3.69. The summed E-state index contributed by atoms with van der Waals surface area (Å²) < 4.78 is 0. The monoisotopic (exact) mass is 268 g/mol. The zero-order chi connectivity index (χ0) is 14.4. The number of pyridine rings is 1. The molecule has 0 spiro atoms. The fourth-order valence-electron chi connectivity index (χ4n) is 2.51. The Morgan fingerprint density at radius 2 is 2.05 bits per heavy atom. The minimum atomic E-state index is 0.437. The highest BCUT2D eigenvalue weighted by Gasteiger charge is 2.10. The van der Waals surface area contributed by atoms with Crippen molar-refractivity contribution in [2.24, 2.45) is 0 Å². The molecule has 2 aromatic rings. The van der Waals surface area contributed by atoms with Crippen LogP contribution in [0.2, 0.25) is 0 Å². The van der Waals surface area contributed by atoms with E-state index in [9.17, 15) is 0 Å². The van der Waals surface area contributed by atoms with Gasteiger partial charge in [0.05, 0.1) is 0 Å². The second kappa shape index (κ2) is 7.20. The Morgan fingerprint density at radius 1 is 1.20 bits per heavy atom. The molecule has 1 aromatic heterocycles. The van der Waals surface area contributed by atoms with E-state index in [1.807, 2.05) is 12.4 Å². The van der Waals surface area contributed by atoms with Gasteiger partial charge in [-0.15, -0.1) is 0 Å². The first-order valence-corrected chi connectivity index (χ1v) is 7.50. The first-order valence-electron chi connectivity index (χ1n) is 7.50. The number of benzene rings is 1. The molecule has 0 aliphatic heterocycles. The largest absolute Gasteiger partial charge is 0.310 e. The summed E-state index contributed by atoms with van der Waals surface area (Å²) >= 11 is 0. The number of aryl methyl sites for hydroxylation is 1. The van der Waals surface area contributed by atoms with E-state index in [1.54, 1.807) is 0 Å². The number of hydrogen-bond donors (Lipinski definition) is 1. The summed E-state index contributed by atoms with van der Waals surface area (Å²) in [7, 11) is 0. The van der Waals surface area contributed by atoms with Crippen LogP contribution in [0, 0.1) is 6.92 Å². The van der Waals surface area contributed by atoms with Gasteiger partial charge in [-0.25, -0.2) is 0 Å². The summed E-state index contributed by atoms with van der Waals surface area (Å²) in [6.07, 6.45) is 6.07. The summed E-state index contributed by atoms with van der Waals surface area (Å²) in [4.78, 5) is 4.25. The maximum Gasteiger partial charge on any atom is 0.0349 e. The highest BCUT2D eigenvalue weighted by atomic mass is 14.9. The second-order valence-electron chi connectivity index (χ2n) is 5.23. The fourth-order valence-corrected chi connectivity index (χ4v) is 2.51. The average Bonchev–Trinajstić information content (AvgIpc) is 2.49. The van der Waals surface area contributed by atoms with E-state index in [0.717, 1.165) is 19.4 Å². The molecule has 0 aliphatic carbocycles. The van der Waals surface area contributed by atoms with Gasteiger partial charge in [-0.1, -0.05) is 32.0 Å². The summed E-state index contributed by atoms with van der Waals surface area (Å²) in [5.74, 6) is 0. The third-order valence-electron chi connectivity index (χ3n) is 3.69. The maximum atomic E-state index is 4.25. The lowest BCUT2D eigenvalue weighted by molar-refractivity contribution is 0.518. The van der Waals surface area contributed by atoms with Crippen molar-refractivity contribution in [2.75, 3.05) is 6.54 Å². The Balaban J connectivity index is 2.30. The second-order valence-corrected chi connectivity index (χ2v) is 5.23. The minimum Gasteiger partial charge on any atom is -0.310 e. The number of nitrogens with zero attached hydrogens (tertiary/aromatic N) is 1. The molecule has 1 atom stereocenters. The Kier molecular flexibility index (Phi) is 5.31. The van der Waals surface area contributed by atoms with Gasteiger partial charge in [-0.05, 0) is 55.1 Å². The summed E-state index contributed by atoms with van der Waals surface area (Å²) in [6.45, 7) is 7.63. The van der Waals surface area contributed by atoms with Gasteiger partial charge in [-0.2, -0.15) is 0 Å². The molecule has 2 nitrogen and oxygen atoms in total. The molecule has 1 N–H and O–H groups in total. The fraction of sp³-hybridized carbons (Fsp3) is 0.389. The Bertz CT molecular complexity index is 549. The van der Waals surface area contributed by atoms with E-state index in [2.05, 4.69) is 61.4 Å². The van der Waals surface area contributed by atoms with Crippen LogP contribution in [0.3, 0.4) is 0 Å². The summed E-state index contributed by atoms with van der Waals surface area (Å²) in [5.41, 5.74) is 5.11. The molecule has 0 saturated heterocycles. The first kappa shape index (κ1) is 14.7. The molecule has 0 aliphatic rings. The van der Waals surface area contributed by atoms with E-state index in [4.69, 9.17) is 0 Å². The lowest BCUT2D eigenvalue weighted by Crippen LogP contribution is -2.21. The highest BCUT2D eigenvalue weighted by Crippen LogP contribution is 2.26. The number of hydrogen-bond acceptors (Lipinski definition) is 2. The van der Waals surface area contributed by atoms with Crippen molar-refractivity contribution in [3.8, 4) is 11.1 Å². The van der Waals surface area contributed by atoms with Gasteiger partial charge in [0.1, 0.15) is 0 Å². The maximum absolute atomic E-state index is 4.25. The molecule has 0 bridgehead atoms. The van der Waals surface area contributed by atoms with E-state index < -0.39 is 0 Å². The minimum absolute atomic E-state index is 0.437. The highest BCUT2D eigenvalue weighted by molar-refractivity contribution is 5.66. The molecule has 0 saturated carbocycles. The van der Waals surface area contributed by atoms with Crippen LogP contribution in [0.25, 0.3) is 11.1 Å². The topological polar surface area (TPSA) is 24.9 Å². The average molecular weight is 268 g/mol. The van der Waals surface area contributed by atoms with Gasteiger partial charge in [0.2, 0.25) is 0 Å². The molecule has 0 fully saturated rings.